The lowest BCUT2D eigenvalue weighted by molar-refractivity contribution is -0.159. The van der Waals surface area contributed by atoms with Crippen molar-refractivity contribution in [3.8, 4) is 0 Å². The van der Waals surface area contributed by atoms with Gasteiger partial charge in [-0.1, -0.05) is 0 Å². The van der Waals surface area contributed by atoms with Gasteiger partial charge in [0.05, 0.1) is 19.0 Å². The lowest BCUT2D eigenvalue weighted by Gasteiger charge is -2.41. The number of ether oxygens (including phenoxy) is 1. The summed E-state index contributed by atoms with van der Waals surface area (Å²) in [5.74, 6) is -0.165. The lowest BCUT2D eigenvalue weighted by Crippen LogP contribution is -2.47. The largest absolute Gasteiger partial charge is 0.459 e. The van der Waals surface area contributed by atoms with Crippen LogP contribution in [0.5, 0.6) is 0 Å². The number of esters is 1. The summed E-state index contributed by atoms with van der Waals surface area (Å²) in [6, 6.07) is 0. The first-order valence-electron chi connectivity index (χ1n) is 5.89. The van der Waals surface area contributed by atoms with Crippen LogP contribution in [0.4, 0.5) is 0 Å². The SMILES string of the molecule is CC(C)(C)OC(=O)CN1CCC1n1ccnc1. The molecule has 0 spiro atoms. The average molecular weight is 237 g/mol. The summed E-state index contributed by atoms with van der Waals surface area (Å²) in [4.78, 5) is 17.8. The Morgan fingerprint density at radius 3 is 2.76 bits per heavy atom. The second-order valence-corrected chi connectivity index (χ2v) is 5.34. The van der Waals surface area contributed by atoms with E-state index in [0.717, 1.165) is 13.0 Å². The van der Waals surface area contributed by atoms with Crippen molar-refractivity contribution < 1.29 is 9.53 Å². The van der Waals surface area contributed by atoms with Gasteiger partial charge in [0.25, 0.3) is 0 Å². The molecule has 17 heavy (non-hydrogen) atoms. The number of rotatable bonds is 3. The molecule has 1 atom stereocenters. The van der Waals surface area contributed by atoms with Crippen molar-refractivity contribution in [1.29, 1.82) is 0 Å². The number of imidazole rings is 1. The molecule has 94 valence electrons. The number of nitrogens with zero attached hydrogens (tertiary/aromatic N) is 3. The predicted octanol–water partition coefficient (Wildman–Crippen LogP) is 1.43. The molecule has 0 radical (unpaired) electrons. The van der Waals surface area contributed by atoms with E-state index in [1.54, 1.807) is 12.5 Å². The molecule has 2 heterocycles. The van der Waals surface area contributed by atoms with E-state index in [1.807, 2.05) is 31.5 Å². The highest BCUT2D eigenvalue weighted by atomic mass is 16.6. The summed E-state index contributed by atoms with van der Waals surface area (Å²) in [6.45, 7) is 6.93. The maximum Gasteiger partial charge on any atom is 0.320 e. The average Bonchev–Trinajstić information content (AvgIpc) is 2.62. The number of aromatic nitrogens is 2. The summed E-state index contributed by atoms with van der Waals surface area (Å²) in [6.07, 6.45) is 6.77. The lowest BCUT2D eigenvalue weighted by atomic mass is 10.1. The quantitative estimate of drug-likeness (QED) is 0.746. The van der Waals surface area contributed by atoms with Crippen LogP contribution in [0, 0.1) is 0 Å². The molecule has 0 aromatic carbocycles. The van der Waals surface area contributed by atoms with Gasteiger partial charge in [-0.25, -0.2) is 4.98 Å². The smallest absolute Gasteiger partial charge is 0.320 e. The van der Waals surface area contributed by atoms with Crippen molar-refractivity contribution in [2.45, 2.75) is 39.0 Å². The van der Waals surface area contributed by atoms with Crippen LogP contribution in [0.1, 0.15) is 33.4 Å². The number of carbonyl (C=O) groups is 1. The van der Waals surface area contributed by atoms with E-state index >= 15 is 0 Å². The van der Waals surface area contributed by atoms with Gasteiger partial charge in [-0.2, -0.15) is 0 Å². The summed E-state index contributed by atoms with van der Waals surface area (Å²) < 4.78 is 7.33. The first kappa shape index (κ1) is 12.1. The Bertz CT molecular complexity index is 381. The highest BCUT2D eigenvalue weighted by Gasteiger charge is 2.31. The van der Waals surface area contributed by atoms with Crippen molar-refractivity contribution in [2.24, 2.45) is 0 Å². The molecule has 1 aromatic heterocycles. The highest BCUT2D eigenvalue weighted by Crippen LogP contribution is 2.27. The third-order valence-corrected chi connectivity index (χ3v) is 2.72. The van der Waals surface area contributed by atoms with Gasteiger partial charge in [0.15, 0.2) is 0 Å². The first-order valence-corrected chi connectivity index (χ1v) is 5.89. The molecule has 0 amide bonds. The van der Waals surface area contributed by atoms with Crippen molar-refractivity contribution in [1.82, 2.24) is 14.5 Å². The van der Waals surface area contributed by atoms with Crippen molar-refractivity contribution in [3.05, 3.63) is 18.7 Å². The molecule has 0 saturated carbocycles. The highest BCUT2D eigenvalue weighted by molar-refractivity contribution is 5.72. The Labute approximate surface area is 101 Å². The van der Waals surface area contributed by atoms with E-state index < -0.39 is 5.60 Å². The van der Waals surface area contributed by atoms with Gasteiger partial charge in [-0.3, -0.25) is 9.69 Å². The van der Waals surface area contributed by atoms with E-state index in [4.69, 9.17) is 4.74 Å². The fourth-order valence-corrected chi connectivity index (χ4v) is 1.93. The summed E-state index contributed by atoms with van der Waals surface area (Å²) in [5, 5.41) is 0. The van der Waals surface area contributed by atoms with Gasteiger partial charge in [-0.05, 0) is 27.2 Å². The molecule has 1 aromatic rings. The minimum atomic E-state index is -0.410. The van der Waals surface area contributed by atoms with Crippen LogP contribution in [0.3, 0.4) is 0 Å². The van der Waals surface area contributed by atoms with Crippen LogP contribution in [0.15, 0.2) is 18.7 Å². The molecule has 5 heteroatoms. The van der Waals surface area contributed by atoms with Crippen LogP contribution >= 0.6 is 0 Å². The molecule has 1 fully saturated rings. The van der Waals surface area contributed by atoms with Gasteiger partial charge in [0.2, 0.25) is 0 Å². The van der Waals surface area contributed by atoms with Crippen molar-refractivity contribution in [3.63, 3.8) is 0 Å². The monoisotopic (exact) mass is 237 g/mol. The molecule has 0 aliphatic carbocycles. The second-order valence-electron chi connectivity index (χ2n) is 5.34. The van der Waals surface area contributed by atoms with Crippen molar-refractivity contribution in [2.75, 3.05) is 13.1 Å². The maximum absolute atomic E-state index is 11.7. The first-order chi connectivity index (χ1) is 7.96. The third-order valence-electron chi connectivity index (χ3n) is 2.72. The number of carbonyl (C=O) groups excluding carboxylic acids is 1. The molecule has 1 unspecified atom stereocenters. The Hall–Kier alpha value is -1.36. The number of likely N-dealkylation sites (tertiary alicyclic amines) is 1. The second kappa shape index (κ2) is 4.49. The van der Waals surface area contributed by atoms with E-state index in [9.17, 15) is 4.79 Å². The molecule has 2 rings (SSSR count). The normalized spacial score (nSPS) is 21.0. The molecular weight excluding hydrogens is 218 g/mol. The Morgan fingerprint density at radius 2 is 2.29 bits per heavy atom. The summed E-state index contributed by atoms with van der Waals surface area (Å²) in [7, 11) is 0. The van der Waals surface area contributed by atoms with Gasteiger partial charge >= 0.3 is 5.97 Å². The Morgan fingerprint density at radius 1 is 1.53 bits per heavy atom. The predicted molar refractivity (Wildman–Crippen MR) is 63.3 cm³/mol. The van der Waals surface area contributed by atoms with E-state index in [1.165, 1.54) is 0 Å². The standard InChI is InChI=1S/C12H19N3O2/c1-12(2,3)17-11(16)8-14-6-4-10(14)15-7-5-13-9-15/h5,7,9-10H,4,6,8H2,1-3H3. The molecule has 0 N–H and O–H groups in total. The summed E-state index contributed by atoms with van der Waals surface area (Å²) >= 11 is 0. The van der Waals surface area contributed by atoms with E-state index in [2.05, 4.69) is 9.88 Å². The molecule has 1 aliphatic heterocycles. The molecule has 0 bridgehead atoms. The van der Waals surface area contributed by atoms with Crippen molar-refractivity contribution >= 4 is 5.97 Å². The Kier molecular flexibility index (Phi) is 3.19. The molecular formula is C12H19N3O2. The number of hydrogen-bond acceptors (Lipinski definition) is 4. The van der Waals surface area contributed by atoms with E-state index in [-0.39, 0.29) is 12.1 Å². The van der Waals surface area contributed by atoms with Crippen LogP contribution in [-0.2, 0) is 9.53 Å². The zero-order valence-corrected chi connectivity index (χ0v) is 10.6. The van der Waals surface area contributed by atoms with E-state index in [0.29, 0.717) is 6.54 Å². The van der Waals surface area contributed by atoms with Gasteiger partial charge < -0.3 is 9.30 Å². The molecule has 1 saturated heterocycles. The van der Waals surface area contributed by atoms with Gasteiger partial charge in [-0.15, -0.1) is 0 Å². The number of hydrogen-bond donors (Lipinski definition) is 0. The minimum Gasteiger partial charge on any atom is -0.459 e. The van der Waals surface area contributed by atoms with Gasteiger partial charge in [0.1, 0.15) is 5.60 Å². The maximum atomic E-state index is 11.7. The van der Waals surface area contributed by atoms with Gasteiger partial charge in [0, 0.05) is 18.9 Å². The van der Waals surface area contributed by atoms with Crippen LogP contribution in [0.25, 0.3) is 0 Å². The van der Waals surface area contributed by atoms with Crippen LogP contribution in [-0.4, -0.2) is 39.1 Å². The Balaban J connectivity index is 1.86. The molecule has 5 nitrogen and oxygen atoms in total. The summed E-state index contributed by atoms with van der Waals surface area (Å²) in [5.41, 5.74) is -0.410. The fraction of sp³-hybridized carbons (Fsp3) is 0.667. The zero-order chi connectivity index (χ0) is 12.5. The zero-order valence-electron chi connectivity index (χ0n) is 10.6. The third kappa shape index (κ3) is 3.06. The topological polar surface area (TPSA) is 47.4 Å². The molecule has 1 aliphatic rings. The van der Waals surface area contributed by atoms with Crippen LogP contribution < -0.4 is 0 Å². The fourth-order valence-electron chi connectivity index (χ4n) is 1.93. The minimum absolute atomic E-state index is 0.165. The van der Waals surface area contributed by atoms with Crippen LogP contribution in [0.2, 0.25) is 0 Å².